The smallest absolute Gasteiger partial charge is 0.143 e. The topological polar surface area (TPSA) is 12.5 Å². The molecule has 0 aliphatic heterocycles. The zero-order chi connectivity index (χ0) is 17.6. The van der Waals surface area contributed by atoms with Crippen molar-refractivity contribution < 1.29 is 4.74 Å². The fourth-order valence-corrected chi connectivity index (χ4v) is 3.64. The monoisotopic (exact) mass is 395 g/mol. The van der Waals surface area contributed by atoms with Crippen LogP contribution in [0.1, 0.15) is 16.7 Å². The van der Waals surface area contributed by atoms with Gasteiger partial charge in [0.05, 0.1) is 12.8 Å². The molecule has 3 rings (SSSR count). The maximum absolute atomic E-state index is 5.69. The van der Waals surface area contributed by atoms with Crippen molar-refractivity contribution in [2.45, 2.75) is 20.0 Å². The van der Waals surface area contributed by atoms with Gasteiger partial charge in [-0.05, 0) is 35.7 Å². The van der Waals surface area contributed by atoms with Crippen LogP contribution in [0.15, 0.2) is 77.3 Å². The summed E-state index contributed by atoms with van der Waals surface area (Å²) in [5.74, 6) is 0.888. The van der Waals surface area contributed by atoms with Crippen LogP contribution < -0.4 is 9.64 Å². The van der Waals surface area contributed by atoms with E-state index in [9.17, 15) is 0 Å². The molecule has 3 aromatic carbocycles. The lowest BCUT2D eigenvalue weighted by Crippen LogP contribution is -2.23. The molecule has 0 unspecified atom stereocenters. The first-order valence-corrected chi connectivity index (χ1v) is 9.13. The minimum absolute atomic E-state index is 0.828. The quantitative estimate of drug-likeness (QED) is 0.509. The number of hydrogen-bond acceptors (Lipinski definition) is 2. The van der Waals surface area contributed by atoms with Crippen molar-refractivity contribution in [3.8, 4) is 5.75 Å². The average Bonchev–Trinajstić information content (AvgIpc) is 2.62. The molecule has 3 heteroatoms. The minimum Gasteiger partial charge on any atom is -0.495 e. The van der Waals surface area contributed by atoms with Crippen LogP contribution in [0.2, 0.25) is 0 Å². The van der Waals surface area contributed by atoms with E-state index in [0.717, 1.165) is 29.0 Å². The highest BCUT2D eigenvalue weighted by Gasteiger charge is 2.17. The van der Waals surface area contributed by atoms with E-state index in [2.05, 4.69) is 94.5 Å². The molecule has 0 N–H and O–H groups in total. The molecule has 0 spiro atoms. The maximum Gasteiger partial charge on any atom is 0.143 e. The van der Waals surface area contributed by atoms with Crippen LogP contribution in [0.5, 0.6) is 5.75 Å². The predicted octanol–water partition coefficient (Wildman–Crippen LogP) is 5.97. The maximum atomic E-state index is 5.69. The lowest BCUT2D eigenvalue weighted by Gasteiger charge is -2.29. The molecular formula is C22H22BrNO. The molecule has 0 bridgehead atoms. The molecule has 0 heterocycles. The zero-order valence-corrected chi connectivity index (χ0v) is 16.2. The molecule has 0 atom stereocenters. The summed E-state index contributed by atoms with van der Waals surface area (Å²) in [6.07, 6.45) is 0. The Morgan fingerprint density at radius 3 is 1.84 bits per heavy atom. The van der Waals surface area contributed by atoms with Gasteiger partial charge in [-0.1, -0.05) is 76.6 Å². The van der Waals surface area contributed by atoms with E-state index in [-0.39, 0.29) is 0 Å². The number of halogens is 1. The Kier molecular flexibility index (Phi) is 5.77. The van der Waals surface area contributed by atoms with Crippen LogP contribution in [0.4, 0.5) is 5.69 Å². The fraction of sp³-hybridized carbons (Fsp3) is 0.182. The van der Waals surface area contributed by atoms with Gasteiger partial charge in [-0.2, -0.15) is 0 Å². The summed E-state index contributed by atoms with van der Waals surface area (Å²) in [4.78, 5) is 2.38. The molecule has 25 heavy (non-hydrogen) atoms. The Labute approximate surface area is 158 Å². The molecule has 2 nitrogen and oxygen atoms in total. The van der Waals surface area contributed by atoms with Crippen molar-refractivity contribution in [2.75, 3.05) is 12.0 Å². The first-order valence-electron chi connectivity index (χ1n) is 8.34. The third-order valence-corrected chi connectivity index (χ3v) is 4.66. The van der Waals surface area contributed by atoms with Gasteiger partial charge in [0.25, 0.3) is 0 Å². The second-order valence-electron chi connectivity index (χ2n) is 6.10. The largest absolute Gasteiger partial charge is 0.495 e. The van der Waals surface area contributed by atoms with Crippen molar-refractivity contribution in [2.24, 2.45) is 0 Å². The molecule has 0 aliphatic carbocycles. The van der Waals surface area contributed by atoms with Crippen LogP contribution >= 0.6 is 15.9 Å². The average molecular weight is 396 g/mol. The number of ether oxygens (including phenoxy) is 1. The van der Waals surface area contributed by atoms with Crippen LogP contribution in [0.25, 0.3) is 0 Å². The van der Waals surface area contributed by atoms with Crippen molar-refractivity contribution in [1.82, 2.24) is 0 Å². The molecular weight excluding hydrogens is 374 g/mol. The Balaban J connectivity index is 2.01. The summed E-state index contributed by atoms with van der Waals surface area (Å²) in [6, 6.07) is 25.3. The van der Waals surface area contributed by atoms with Crippen molar-refractivity contribution >= 4 is 21.6 Å². The highest BCUT2D eigenvalue weighted by atomic mass is 79.9. The highest BCUT2D eigenvalue weighted by Crippen LogP contribution is 2.36. The van der Waals surface area contributed by atoms with Crippen molar-refractivity contribution in [3.63, 3.8) is 0 Å². The zero-order valence-electron chi connectivity index (χ0n) is 14.6. The first kappa shape index (κ1) is 17.6. The van der Waals surface area contributed by atoms with Gasteiger partial charge in [0.2, 0.25) is 0 Å². The van der Waals surface area contributed by atoms with E-state index in [1.807, 2.05) is 6.07 Å². The number of nitrogens with zero attached hydrogens (tertiary/aromatic N) is 1. The standard InChI is InChI=1S/C22H22BrNO/c1-17-13-20(23)14-21(25-2)22(17)24(15-18-9-5-3-6-10-18)16-19-11-7-4-8-12-19/h3-14H,15-16H2,1-2H3. The number of rotatable bonds is 6. The summed E-state index contributed by atoms with van der Waals surface area (Å²) in [5, 5.41) is 0. The van der Waals surface area contributed by atoms with E-state index >= 15 is 0 Å². The van der Waals surface area contributed by atoms with Gasteiger partial charge < -0.3 is 9.64 Å². The molecule has 128 valence electrons. The van der Waals surface area contributed by atoms with E-state index in [1.54, 1.807) is 7.11 Å². The van der Waals surface area contributed by atoms with Gasteiger partial charge in [0, 0.05) is 17.6 Å². The molecule has 0 saturated heterocycles. The number of hydrogen-bond donors (Lipinski definition) is 0. The van der Waals surface area contributed by atoms with Gasteiger partial charge in [-0.25, -0.2) is 0 Å². The third-order valence-electron chi connectivity index (χ3n) is 4.20. The second-order valence-corrected chi connectivity index (χ2v) is 7.02. The van der Waals surface area contributed by atoms with Gasteiger partial charge in [-0.15, -0.1) is 0 Å². The number of aryl methyl sites for hydroxylation is 1. The first-order chi connectivity index (χ1) is 12.2. The molecule has 3 aromatic rings. The molecule has 0 aliphatic rings. The Morgan fingerprint density at radius 2 is 1.36 bits per heavy atom. The Morgan fingerprint density at radius 1 is 0.840 bits per heavy atom. The summed E-state index contributed by atoms with van der Waals surface area (Å²) < 4.78 is 6.72. The van der Waals surface area contributed by atoms with Gasteiger partial charge in [0.15, 0.2) is 0 Å². The number of benzene rings is 3. The third kappa shape index (κ3) is 4.43. The molecule has 0 radical (unpaired) electrons. The van der Waals surface area contributed by atoms with Crippen molar-refractivity contribution in [3.05, 3.63) is 94.0 Å². The summed E-state index contributed by atoms with van der Waals surface area (Å²) in [5.41, 5.74) is 4.89. The van der Waals surface area contributed by atoms with Crippen LogP contribution in [-0.4, -0.2) is 7.11 Å². The van der Waals surface area contributed by atoms with Crippen LogP contribution in [-0.2, 0) is 13.1 Å². The van der Waals surface area contributed by atoms with Gasteiger partial charge in [0.1, 0.15) is 5.75 Å². The SMILES string of the molecule is COc1cc(Br)cc(C)c1N(Cc1ccccc1)Cc1ccccc1. The number of anilines is 1. The van der Waals surface area contributed by atoms with Crippen LogP contribution in [0, 0.1) is 6.92 Å². The summed E-state index contributed by atoms with van der Waals surface area (Å²) in [6.45, 7) is 3.79. The van der Waals surface area contributed by atoms with E-state index in [0.29, 0.717) is 0 Å². The number of methoxy groups -OCH3 is 1. The van der Waals surface area contributed by atoms with E-state index in [4.69, 9.17) is 4.74 Å². The Hall–Kier alpha value is -2.26. The lowest BCUT2D eigenvalue weighted by atomic mass is 10.1. The van der Waals surface area contributed by atoms with E-state index in [1.165, 1.54) is 16.7 Å². The molecule has 0 amide bonds. The summed E-state index contributed by atoms with van der Waals surface area (Å²) in [7, 11) is 1.73. The normalized spacial score (nSPS) is 10.5. The van der Waals surface area contributed by atoms with Crippen LogP contribution in [0.3, 0.4) is 0 Å². The Bertz CT molecular complexity index is 777. The van der Waals surface area contributed by atoms with Gasteiger partial charge in [-0.3, -0.25) is 0 Å². The molecule has 0 fully saturated rings. The molecule has 0 aromatic heterocycles. The fourth-order valence-electron chi connectivity index (χ4n) is 3.09. The van der Waals surface area contributed by atoms with E-state index < -0.39 is 0 Å². The second kappa shape index (κ2) is 8.21. The van der Waals surface area contributed by atoms with Gasteiger partial charge >= 0.3 is 0 Å². The summed E-state index contributed by atoms with van der Waals surface area (Å²) >= 11 is 3.57. The predicted molar refractivity (Wildman–Crippen MR) is 108 cm³/mol. The lowest BCUT2D eigenvalue weighted by molar-refractivity contribution is 0.413. The minimum atomic E-state index is 0.828. The highest BCUT2D eigenvalue weighted by molar-refractivity contribution is 9.10. The molecule has 0 saturated carbocycles. The van der Waals surface area contributed by atoms with Crippen molar-refractivity contribution in [1.29, 1.82) is 0 Å².